The Morgan fingerprint density at radius 3 is 2.39 bits per heavy atom. The van der Waals surface area contributed by atoms with Gasteiger partial charge in [0.05, 0.1) is 12.4 Å². The third kappa shape index (κ3) is 4.91. The van der Waals surface area contributed by atoms with E-state index in [1.54, 1.807) is 0 Å². The van der Waals surface area contributed by atoms with Gasteiger partial charge in [-0.05, 0) is 48.1 Å². The Morgan fingerprint density at radius 1 is 1.04 bits per heavy atom. The molecule has 0 fully saturated rings. The summed E-state index contributed by atoms with van der Waals surface area (Å²) in [5.74, 6) is -0.372. The molecule has 0 heterocycles. The van der Waals surface area contributed by atoms with Crippen molar-refractivity contribution in [2.24, 2.45) is 0 Å². The van der Waals surface area contributed by atoms with Gasteiger partial charge in [-0.15, -0.1) is 8.86 Å². The standard InChI is InChI=1S/C20H21O2P/c1-15(14-19(23)20(21)22-2)18-11-7-6-10-17(18)13-12-16-8-4-3-5-9-16/h3-11,14,23H,12-13H2,1-2H3/b15-14+. The quantitative estimate of drug-likeness (QED) is 0.583. The lowest BCUT2D eigenvalue weighted by atomic mass is 9.95. The second-order valence-corrected chi connectivity index (χ2v) is 5.91. The zero-order chi connectivity index (χ0) is 16.7. The minimum absolute atomic E-state index is 0.372. The zero-order valence-corrected chi connectivity index (χ0v) is 14.5. The summed E-state index contributed by atoms with van der Waals surface area (Å²) in [6.07, 6.45) is 3.76. The van der Waals surface area contributed by atoms with E-state index in [4.69, 9.17) is 4.74 Å². The third-order valence-corrected chi connectivity index (χ3v) is 4.08. The first-order chi connectivity index (χ1) is 11.1. The summed E-state index contributed by atoms with van der Waals surface area (Å²) >= 11 is 0. The summed E-state index contributed by atoms with van der Waals surface area (Å²) in [5, 5.41) is 0.419. The molecule has 0 aliphatic heterocycles. The van der Waals surface area contributed by atoms with E-state index in [0.717, 1.165) is 24.0 Å². The number of hydrogen-bond acceptors (Lipinski definition) is 2. The molecule has 0 unspecified atom stereocenters. The average molecular weight is 324 g/mol. The Balaban J connectivity index is 2.18. The van der Waals surface area contributed by atoms with E-state index in [1.807, 2.05) is 25.1 Å². The average Bonchev–Trinajstić information content (AvgIpc) is 2.60. The van der Waals surface area contributed by atoms with E-state index in [2.05, 4.69) is 51.3 Å². The Bertz CT molecular complexity index is 717. The molecule has 0 aromatic heterocycles. The topological polar surface area (TPSA) is 26.3 Å². The van der Waals surface area contributed by atoms with Gasteiger partial charge >= 0.3 is 5.97 Å². The maximum Gasteiger partial charge on any atom is 0.341 e. The summed E-state index contributed by atoms with van der Waals surface area (Å²) in [7, 11) is 4.70. The van der Waals surface area contributed by atoms with E-state index < -0.39 is 0 Å². The first-order valence-corrected chi connectivity index (χ1v) is 8.09. The SMILES string of the molecule is COC(=O)C(=P)/C=C(\C)c1ccccc1CCc1ccccc1. The smallest absolute Gasteiger partial charge is 0.341 e. The minimum atomic E-state index is -0.372. The largest absolute Gasteiger partial charge is 0.465 e. The maximum absolute atomic E-state index is 11.5. The van der Waals surface area contributed by atoms with Crippen LogP contribution in [0.1, 0.15) is 23.6 Å². The Labute approximate surface area is 140 Å². The van der Waals surface area contributed by atoms with Crippen LogP contribution in [0.5, 0.6) is 0 Å². The number of esters is 1. The van der Waals surface area contributed by atoms with Crippen LogP contribution in [0.15, 0.2) is 60.7 Å². The Morgan fingerprint density at radius 2 is 1.70 bits per heavy atom. The molecule has 0 radical (unpaired) electrons. The van der Waals surface area contributed by atoms with Crippen LogP contribution in [0.2, 0.25) is 0 Å². The second-order valence-electron chi connectivity index (χ2n) is 5.38. The molecule has 0 aliphatic carbocycles. The van der Waals surface area contributed by atoms with E-state index in [-0.39, 0.29) is 5.97 Å². The first kappa shape index (κ1) is 17.2. The van der Waals surface area contributed by atoms with Crippen molar-refractivity contribution in [1.29, 1.82) is 0 Å². The molecule has 3 heteroatoms. The highest BCUT2D eigenvalue weighted by atomic mass is 31.0. The van der Waals surface area contributed by atoms with Gasteiger partial charge in [0.1, 0.15) is 0 Å². The highest BCUT2D eigenvalue weighted by Gasteiger charge is 2.08. The molecule has 0 N–H and O–H groups in total. The molecule has 118 valence electrons. The summed E-state index contributed by atoms with van der Waals surface area (Å²) in [4.78, 5) is 11.5. The van der Waals surface area contributed by atoms with Gasteiger partial charge in [-0.2, -0.15) is 0 Å². The fourth-order valence-corrected chi connectivity index (χ4v) is 2.83. The number of benzene rings is 2. The van der Waals surface area contributed by atoms with Crippen LogP contribution in [0.3, 0.4) is 0 Å². The summed E-state index contributed by atoms with van der Waals surface area (Å²) in [6.45, 7) is 2.00. The highest BCUT2D eigenvalue weighted by molar-refractivity contribution is 7.26. The molecule has 2 rings (SSSR count). The first-order valence-electron chi connectivity index (χ1n) is 7.59. The number of allylic oxidation sites excluding steroid dienone is 1. The van der Waals surface area contributed by atoms with Gasteiger partial charge in [0.25, 0.3) is 0 Å². The van der Waals surface area contributed by atoms with Crippen LogP contribution in [0.25, 0.3) is 5.57 Å². The van der Waals surface area contributed by atoms with Crippen LogP contribution >= 0.6 is 8.86 Å². The molecule has 0 amide bonds. The van der Waals surface area contributed by atoms with Gasteiger partial charge in [-0.1, -0.05) is 54.6 Å². The van der Waals surface area contributed by atoms with Crippen LogP contribution in [0.4, 0.5) is 0 Å². The fourth-order valence-electron chi connectivity index (χ4n) is 2.51. The minimum Gasteiger partial charge on any atom is -0.465 e. The zero-order valence-electron chi connectivity index (χ0n) is 13.5. The number of carbonyl (C=O) groups excluding carboxylic acids is 1. The number of hydrogen-bond donors (Lipinski definition) is 0. The number of methoxy groups -OCH3 is 1. The Hall–Kier alpha value is -2.18. The molecule has 2 nitrogen and oxygen atoms in total. The van der Waals surface area contributed by atoms with Crippen LogP contribution in [-0.2, 0) is 22.4 Å². The van der Waals surface area contributed by atoms with E-state index in [9.17, 15) is 4.79 Å². The molecule has 2 aromatic rings. The molecule has 2 aromatic carbocycles. The summed E-state index contributed by atoms with van der Waals surface area (Å²) < 4.78 is 4.72. The van der Waals surface area contributed by atoms with Gasteiger partial charge in [0.2, 0.25) is 0 Å². The molecular formula is C20H21O2P. The Kier molecular flexibility index (Phi) is 6.31. The number of ether oxygens (including phenoxy) is 1. The number of aryl methyl sites for hydroxylation is 2. The maximum atomic E-state index is 11.5. The van der Waals surface area contributed by atoms with E-state index in [1.165, 1.54) is 18.2 Å². The summed E-state index contributed by atoms with van der Waals surface area (Å²) in [6, 6.07) is 18.7. The third-order valence-electron chi connectivity index (χ3n) is 3.73. The lowest BCUT2D eigenvalue weighted by Crippen LogP contribution is -2.10. The summed E-state index contributed by atoms with van der Waals surface area (Å²) in [5.41, 5.74) is 4.78. The monoisotopic (exact) mass is 324 g/mol. The number of rotatable bonds is 6. The molecule has 0 aliphatic rings. The molecule has 0 bridgehead atoms. The van der Waals surface area contributed by atoms with Gasteiger partial charge in [0.15, 0.2) is 0 Å². The van der Waals surface area contributed by atoms with Crippen molar-refractivity contribution >= 4 is 25.7 Å². The highest BCUT2D eigenvalue weighted by Crippen LogP contribution is 2.21. The lowest BCUT2D eigenvalue weighted by Gasteiger charge is -2.10. The van der Waals surface area contributed by atoms with E-state index >= 15 is 0 Å². The second kappa shape index (κ2) is 8.45. The molecule has 0 saturated carbocycles. The molecule has 0 spiro atoms. The van der Waals surface area contributed by atoms with Gasteiger partial charge in [-0.25, -0.2) is 4.79 Å². The predicted molar refractivity (Wildman–Crippen MR) is 99.3 cm³/mol. The molecule has 23 heavy (non-hydrogen) atoms. The van der Waals surface area contributed by atoms with Crippen LogP contribution in [0, 0.1) is 0 Å². The van der Waals surface area contributed by atoms with Crippen LogP contribution < -0.4 is 0 Å². The van der Waals surface area contributed by atoms with Gasteiger partial charge < -0.3 is 4.74 Å². The number of carbonyl (C=O) groups is 1. The molecular weight excluding hydrogens is 303 g/mol. The van der Waals surface area contributed by atoms with Crippen molar-refractivity contribution in [1.82, 2.24) is 0 Å². The molecule has 0 saturated heterocycles. The lowest BCUT2D eigenvalue weighted by molar-refractivity contribution is -0.132. The van der Waals surface area contributed by atoms with Crippen molar-refractivity contribution in [2.45, 2.75) is 19.8 Å². The van der Waals surface area contributed by atoms with Crippen molar-refractivity contribution in [3.05, 3.63) is 77.4 Å². The van der Waals surface area contributed by atoms with Gasteiger partial charge in [-0.3, -0.25) is 0 Å². The molecule has 0 atom stereocenters. The van der Waals surface area contributed by atoms with E-state index in [0.29, 0.717) is 5.29 Å². The predicted octanol–water partition coefficient (Wildman–Crippen LogP) is 4.36. The normalized spacial score (nSPS) is 11.1. The van der Waals surface area contributed by atoms with Crippen molar-refractivity contribution < 1.29 is 9.53 Å². The van der Waals surface area contributed by atoms with Crippen molar-refractivity contribution in [2.75, 3.05) is 7.11 Å². The van der Waals surface area contributed by atoms with Crippen LogP contribution in [-0.4, -0.2) is 18.4 Å². The van der Waals surface area contributed by atoms with Crippen molar-refractivity contribution in [3.63, 3.8) is 0 Å². The van der Waals surface area contributed by atoms with Gasteiger partial charge in [0, 0.05) is 0 Å². The van der Waals surface area contributed by atoms with Crippen molar-refractivity contribution in [3.8, 4) is 0 Å². The fraction of sp³-hybridized carbons (Fsp3) is 0.200.